The van der Waals surface area contributed by atoms with Gasteiger partial charge in [0.15, 0.2) is 0 Å². The first-order chi connectivity index (χ1) is 4.93. The summed E-state index contributed by atoms with van der Waals surface area (Å²) in [5.74, 6) is 0. The average molecular weight is 152 g/mol. The van der Waals surface area contributed by atoms with Gasteiger partial charge < -0.3 is 11.5 Å². The van der Waals surface area contributed by atoms with E-state index in [2.05, 4.69) is 24.4 Å². The summed E-state index contributed by atoms with van der Waals surface area (Å²) in [5.41, 5.74) is 1.21. The Morgan fingerprint density at radius 3 is 2.36 bits per heavy atom. The second-order valence-corrected chi connectivity index (χ2v) is 2.29. The zero-order valence-electron chi connectivity index (χ0n) is 7.01. The Hall–Kier alpha value is -1.02. The van der Waals surface area contributed by atoms with Gasteiger partial charge in [-0.25, -0.2) is 0 Å². The van der Waals surface area contributed by atoms with Crippen LogP contribution in [-0.4, -0.2) is 6.54 Å². The number of hydrogen-bond acceptors (Lipinski definition) is 2. The van der Waals surface area contributed by atoms with Crippen LogP contribution >= 0.6 is 0 Å². The first-order valence-corrected chi connectivity index (χ1v) is 3.72. The molecular formula is C9H16N2. The normalized spacial score (nSPS) is 8.45. The van der Waals surface area contributed by atoms with Gasteiger partial charge in [0.1, 0.15) is 0 Å². The van der Waals surface area contributed by atoms with E-state index in [4.69, 9.17) is 0 Å². The number of rotatable bonds is 3. The first-order valence-electron chi connectivity index (χ1n) is 3.72. The summed E-state index contributed by atoms with van der Waals surface area (Å²) in [5, 5.41) is 3.29. The van der Waals surface area contributed by atoms with Gasteiger partial charge in [0, 0.05) is 12.2 Å². The molecule has 4 N–H and O–H groups in total. The number of para-hydroxylation sites is 1. The molecular weight excluding hydrogens is 136 g/mol. The number of hydrogen-bond donors (Lipinski definition) is 2. The molecule has 62 valence electrons. The highest BCUT2D eigenvalue weighted by Crippen LogP contribution is 2.03. The smallest absolute Gasteiger partial charge is 0.0340 e. The van der Waals surface area contributed by atoms with E-state index in [9.17, 15) is 0 Å². The Labute approximate surface area is 68.2 Å². The fourth-order valence-electron chi connectivity index (χ4n) is 0.825. The van der Waals surface area contributed by atoms with Crippen LogP contribution in [0.5, 0.6) is 0 Å². The van der Waals surface area contributed by atoms with Crippen molar-refractivity contribution in [2.24, 2.45) is 0 Å². The highest BCUT2D eigenvalue weighted by atomic mass is 14.9. The monoisotopic (exact) mass is 152 g/mol. The zero-order chi connectivity index (χ0) is 7.23. The maximum absolute atomic E-state index is 3.29. The van der Waals surface area contributed by atoms with Crippen LogP contribution in [-0.2, 0) is 0 Å². The lowest BCUT2D eigenvalue weighted by Crippen LogP contribution is -1.98. The third kappa shape index (κ3) is 3.63. The molecule has 1 aromatic rings. The Bertz CT molecular complexity index is 172. The highest BCUT2D eigenvalue weighted by molar-refractivity contribution is 5.42. The molecule has 1 aromatic carbocycles. The maximum Gasteiger partial charge on any atom is 0.0340 e. The van der Waals surface area contributed by atoms with E-state index in [-0.39, 0.29) is 6.15 Å². The fourth-order valence-corrected chi connectivity index (χ4v) is 0.825. The molecule has 2 nitrogen and oxygen atoms in total. The van der Waals surface area contributed by atoms with Crippen molar-refractivity contribution in [3.63, 3.8) is 0 Å². The van der Waals surface area contributed by atoms with Crippen LogP contribution in [0, 0.1) is 0 Å². The number of nitrogens with one attached hydrogen (secondary N) is 1. The third-order valence-corrected chi connectivity index (χ3v) is 1.35. The van der Waals surface area contributed by atoms with Crippen LogP contribution in [0.15, 0.2) is 30.3 Å². The predicted octanol–water partition coefficient (Wildman–Crippen LogP) is 2.67. The lowest BCUT2D eigenvalue weighted by atomic mass is 10.3. The van der Waals surface area contributed by atoms with Gasteiger partial charge in [0.05, 0.1) is 0 Å². The molecule has 2 heteroatoms. The largest absolute Gasteiger partial charge is 0.385 e. The Kier molecular flexibility index (Phi) is 5.21. The molecule has 0 fully saturated rings. The van der Waals surface area contributed by atoms with E-state index < -0.39 is 0 Å². The third-order valence-electron chi connectivity index (χ3n) is 1.35. The van der Waals surface area contributed by atoms with Crippen molar-refractivity contribution in [3.05, 3.63) is 30.3 Å². The van der Waals surface area contributed by atoms with Gasteiger partial charge in [-0.15, -0.1) is 0 Å². The summed E-state index contributed by atoms with van der Waals surface area (Å²) in [7, 11) is 0. The Morgan fingerprint density at radius 1 is 1.18 bits per heavy atom. The van der Waals surface area contributed by atoms with Crippen molar-refractivity contribution in [2.75, 3.05) is 11.9 Å². The second-order valence-electron chi connectivity index (χ2n) is 2.29. The summed E-state index contributed by atoms with van der Waals surface area (Å²) < 4.78 is 0. The van der Waals surface area contributed by atoms with Gasteiger partial charge in [-0.05, 0) is 18.6 Å². The van der Waals surface area contributed by atoms with Gasteiger partial charge in [0.25, 0.3) is 0 Å². The SMILES string of the molecule is CCCNc1ccccc1.N. The molecule has 0 aliphatic heterocycles. The van der Waals surface area contributed by atoms with E-state index in [0.29, 0.717) is 0 Å². The molecule has 0 atom stereocenters. The molecule has 0 saturated heterocycles. The highest BCUT2D eigenvalue weighted by Gasteiger charge is 1.84. The molecule has 0 spiro atoms. The van der Waals surface area contributed by atoms with Gasteiger partial charge >= 0.3 is 0 Å². The lowest BCUT2D eigenvalue weighted by molar-refractivity contribution is 0.980. The van der Waals surface area contributed by atoms with Crippen LogP contribution in [0.3, 0.4) is 0 Å². The molecule has 11 heavy (non-hydrogen) atoms. The van der Waals surface area contributed by atoms with E-state index >= 15 is 0 Å². The fraction of sp³-hybridized carbons (Fsp3) is 0.333. The van der Waals surface area contributed by atoms with Gasteiger partial charge in [-0.2, -0.15) is 0 Å². The summed E-state index contributed by atoms with van der Waals surface area (Å²) >= 11 is 0. The quantitative estimate of drug-likeness (QED) is 0.699. The first kappa shape index (κ1) is 9.98. The van der Waals surface area contributed by atoms with Gasteiger partial charge in [-0.3, -0.25) is 0 Å². The maximum atomic E-state index is 3.29. The predicted molar refractivity (Wildman–Crippen MR) is 50.2 cm³/mol. The molecule has 0 aromatic heterocycles. The molecule has 0 aliphatic rings. The molecule has 1 rings (SSSR count). The van der Waals surface area contributed by atoms with Crippen molar-refractivity contribution in [3.8, 4) is 0 Å². The molecule has 0 aliphatic carbocycles. The number of anilines is 1. The second kappa shape index (κ2) is 5.74. The molecule has 0 amide bonds. The van der Waals surface area contributed by atoms with Crippen LogP contribution in [0.2, 0.25) is 0 Å². The zero-order valence-corrected chi connectivity index (χ0v) is 7.01. The lowest BCUT2D eigenvalue weighted by Gasteiger charge is -2.01. The summed E-state index contributed by atoms with van der Waals surface area (Å²) in [6.07, 6.45) is 1.18. The summed E-state index contributed by atoms with van der Waals surface area (Å²) in [6.45, 7) is 3.22. The van der Waals surface area contributed by atoms with E-state index in [1.807, 2.05) is 18.2 Å². The van der Waals surface area contributed by atoms with Crippen molar-refractivity contribution in [1.82, 2.24) is 6.15 Å². The van der Waals surface area contributed by atoms with Crippen molar-refractivity contribution < 1.29 is 0 Å². The van der Waals surface area contributed by atoms with Crippen molar-refractivity contribution >= 4 is 5.69 Å². The summed E-state index contributed by atoms with van der Waals surface area (Å²) in [4.78, 5) is 0. The van der Waals surface area contributed by atoms with Crippen molar-refractivity contribution in [2.45, 2.75) is 13.3 Å². The molecule has 0 unspecified atom stereocenters. The van der Waals surface area contributed by atoms with Crippen LogP contribution in [0.4, 0.5) is 5.69 Å². The minimum atomic E-state index is 0. The topological polar surface area (TPSA) is 47.0 Å². The Morgan fingerprint density at radius 2 is 1.82 bits per heavy atom. The van der Waals surface area contributed by atoms with Crippen molar-refractivity contribution in [1.29, 1.82) is 0 Å². The molecule has 0 heterocycles. The van der Waals surface area contributed by atoms with Gasteiger partial charge in [0.2, 0.25) is 0 Å². The van der Waals surface area contributed by atoms with E-state index in [0.717, 1.165) is 6.54 Å². The van der Waals surface area contributed by atoms with Crippen LogP contribution in [0.1, 0.15) is 13.3 Å². The molecule has 0 bridgehead atoms. The average Bonchev–Trinajstić information content (AvgIpc) is 2.03. The van der Waals surface area contributed by atoms with E-state index in [1.165, 1.54) is 12.1 Å². The minimum absolute atomic E-state index is 0. The van der Waals surface area contributed by atoms with E-state index in [1.54, 1.807) is 0 Å². The summed E-state index contributed by atoms with van der Waals surface area (Å²) in [6, 6.07) is 10.3. The molecule has 0 saturated carbocycles. The Balaban J connectivity index is 0.000001000. The standard InChI is InChI=1S/C9H13N.H3N/c1-2-8-10-9-6-4-3-5-7-9;/h3-7,10H,2,8H2,1H3;1H3. The van der Waals surface area contributed by atoms with Crippen LogP contribution in [0.25, 0.3) is 0 Å². The van der Waals surface area contributed by atoms with Crippen LogP contribution < -0.4 is 11.5 Å². The molecule has 0 radical (unpaired) electrons. The minimum Gasteiger partial charge on any atom is -0.385 e. The van der Waals surface area contributed by atoms with Gasteiger partial charge in [-0.1, -0.05) is 25.1 Å². The number of benzene rings is 1.